The molecule has 0 bridgehead atoms. The topological polar surface area (TPSA) is 107 Å². The summed E-state index contributed by atoms with van der Waals surface area (Å²) in [6, 6.07) is 3.40. The average Bonchev–Trinajstić information content (AvgIpc) is 3.33. The molecule has 1 aliphatic heterocycles. The second-order valence-corrected chi connectivity index (χ2v) is 9.41. The predicted octanol–water partition coefficient (Wildman–Crippen LogP) is 4.95. The summed E-state index contributed by atoms with van der Waals surface area (Å²) in [5.74, 6) is 0.405. The van der Waals surface area contributed by atoms with Gasteiger partial charge in [0.1, 0.15) is 11.5 Å². The number of hydrogen-bond acceptors (Lipinski definition) is 9. The summed E-state index contributed by atoms with van der Waals surface area (Å²) < 4.78 is 10.3. The monoisotopic (exact) mass is 535 g/mol. The zero-order chi connectivity index (χ0) is 24.9. The van der Waals surface area contributed by atoms with Crippen LogP contribution in [0.5, 0.6) is 5.75 Å². The molecule has 3 aromatic rings. The van der Waals surface area contributed by atoms with Crippen molar-refractivity contribution < 1.29 is 19.1 Å². The van der Waals surface area contributed by atoms with E-state index in [2.05, 4.69) is 20.3 Å². The first kappa shape index (κ1) is 25.2. The molecule has 1 aliphatic rings. The van der Waals surface area contributed by atoms with E-state index in [4.69, 9.17) is 32.7 Å². The van der Waals surface area contributed by atoms with Crippen molar-refractivity contribution in [1.29, 1.82) is 0 Å². The number of nitrogens with zero attached hydrogens (tertiary/aromatic N) is 4. The molecule has 0 atom stereocenters. The Morgan fingerprint density at radius 1 is 1.17 bits per heavy atom. The molecule has 2 aromatic heterocycles. The van der Waals surface area contributed by atoms with Gasteiger partial charge < -0.3 is 14.4 Å². The summed E-state index contributed by atoms with van der Waals surface area (Å²) in [5.41, 5.74) is 1.49. The number of rotatable bonds is 7. The summed E-state index contributed by atoms with van der Waals surface area (Å²) in [7, 11) is 1.49. The predicted molar refractivity (Wildman–Crippen MR) is 136 cm³/mol. The Kier molecular flexibility index (Phi) is 8.04. The standard InChI is InChI=1S/C23H23Cl2N5O4S/c1-3-34-22(32)13-4-6-30(7-5-13)19-11-26-17(10-27-19)21(31)29-23-28-18(12-35-23)14-8-15(24)20(33-2)16(25)9-14/h8-13H,3-7H2,1-2H3,(H,28,29,31). The van der Waals surface area contributed by atoms with Gasteiger partial charge in [-0.15, -0.1) is 11.3 Å². The molecule has 0 radical (unpaired) electrons. The zero-order valence-corrected chi connectivity index (χ0v) is 21.4. The van der Waals surface area contributed by atoms with Crippen molar-refractivity contribution in [3.63, 3.8) is 0 Å². The number of methoxy groups -OCH3 is 1. The van der Waals surface area contributed by atoms with Crippen LogP contribution in [0.3, 0.4) is 0 Å². The van der Waals surface area contributed by atoms with Crippen molar-refractivity contribution in [3.8, 4) is 17.0 Å². The van der Waals surface area contributed by atoms with E-state index in [-0.39, 0.29) is 17.6 Å². The number of ether oxygens (including phenoxy) is 2. The quantitative estimate of drug-likeness (QED) is 0.423. The molecule has 12 heteroatoms. The van der Waals surface area contributed by atoms with Gasteiger partial charge in [0.05, 0.1) is 47.8 Å². The highest BCUT2D eigenvalue weighted by Crippen LogP contribution is 2.38. The molecule has 1 saturated heterocycles. The lowest BCUT2D eigenvalue weighted by Gasteiger charge is -2.31. The summed E-state index contributed by atoms with van der Waals surface area (Å²) in [6.45, 7) is 3.54. The highest BCUT2D eigenvalue weighted by atomic mass is 35.5. The number of anilines is 2. The molecule has 1 amide bonds. The second-order valence-electron chi connectivity index (χ2n) is 7.74. The molecule has 1 N–H and O–H groups in total. The third-order valence-electron chi connectivity index (χ3n) is 5.53. The largest absolute Gasteiger partial charge is 0.494 e. The number of piperidine rings is 1. The zero-order valence-electron chi connectivity index (χ0n) is 19.1. The first-order valence-corrected chi connectivity index (χ1v) is 12.6. The SMILES string of the molecule is CCOC(=O)C1CCN(c2cnc(C(=O)Nc3nc(-c4cc(Cl)c(OC)c(Cl)c4)cs3)cn2)CC1. The number of halogens is 2. The van der Waals surface area contributed by atoms with E-state index in [1.54, 1.807) is 30.6 Å². The number of carbonyl (C=O) groups excluding carboxylic acids is 2. The molecule has 35 heavy (non-hydrogen) atoms. The van der Waals surface area contributed by atoms with Gasteiger partial charge in [0.2, 0.25) is 0 Å². The van der Waals surface area contributed by atoms with Gasteiger partial charge >= 0.3 is 5.97 Å². The lowest BCUT2D eigenvalue weighted by atomic mass is 9.97. The van der Waals surface area contributed by atoms with E-state index in [0.29, 0.717) is 70.5 Å². The number of aromatic nitrogens is 3. The van der Waals surface area contributed by atoms with Gasteiger partial charge in [-0.25, -0.2) is 15.0 Å². The van der Waals surface area contributed by atoms with Crippen LogP contribution in [0.4, 0.5) is 10.9 Å². The van der Waals surface area contributed by atoms with Crippen molar-refractivity contribution in [2.75, 3.05) is 37.0 Å². The van der Waals surface area contributed by atoms with Crippen LogP contribution < -0.4 is 15.0 Å². The van der Waals surface area contributed by atoms with Crippen molar-refractivity contribution in [3.05, 3.63) is 45.6 Å². The molecule has 3 heterocycles. The van der Waals surface area contributed by atoms with Gasteiger partial charge in [0.25, 0.3) is 5.91 Å². The van der Waals surface area contributed by atoms with E-state index in [0.717, 1.165) is 0 Å². The first-order valence-electron chi connectivity index (χ1n) is 10.9. The fourth-order valence-electron chi connectivity index (χ4n) is 3.73. The number of nitrogens with one attached hydrogen (secondary N) is 1. The van der Waals surface area contributed by atoms with Crippen LogP contribution in [0.15, 0.2) is 29.9 Å². The number of esters is 1. The lowest BCUT2D eigenvalue weighted by molar-refractivity contribution is -0.148. The van der Waals surface area contributed by atoms with Gasteiger partial charge in [0.15, 0.2) is 10.9 Å². The minimum absolute atomic E-state index is 0.0858. The summed E-state index contributed by atoms with van der Waals surface area (Å²) in [6.07, 6.45) is 4.38. The van der Waals surface area contributed by atoms with Crippen LogP contribution in [0.25, 0.3) is 11.3 Å². The molecule has 184 valence electrons. The van der Waals surface area contributed by atoms with Gasteiger partial charge in [-0.1, -0.05) is 23.2 Å². The number of benzene rings is 1. The second kappa shape index (κ2) is 11.2. The summed E-state index contributed by atoms with van der Waals surface area (Å²) >= 11 is 13.7. The molecule has 0 unspecified atom stereocenters. The minimum atomic E-state index is -0.420. The maximum absolute atomic E-state index is 12.6. The van der Waals surface area contributed by atoms with Gasteiger partial charge in [-0.05, 0) is 31.9 Å². The molecule has 9 nitrogen and oxygen atoms in total. The van der Waals surface area contributed by atoms with E-state index in [1.165, 1.54) is 24.6 Å². The van der Waals surface area contributed by atoms with Gasteiger partial charge in [-0.2, -0.15) is 0 Å². The molecule has 1 fully saturated rings. The van der Waals surface area contributed by atoms with Crippen molar-refractivity contribution in [2.24, 2.45) is 5.92 Å². The maximum atomic E-state index is 12.6. The number of thiazole rings is 1. The summed E-state index contributed by atoms with van der Waals surface area (Å²) in [4.78, 5) is 39.7. The Hall–Kier alpha value is -2.95. The Morgan fingerprint density at radius 3 is 2.49 bits per heavy atom. The van der Waals surface area contributed by atoms with Crippen molar-refractivity contribution in [2.45, 2.75) is 19.8 Å². The third-order valence-corrected chi connectivity index (χ3v) is 6.85. The lowest BCUT2D eigenvalue weighted by Crippen LogP contribution is -2.37. The number of carbonyl (C=O) groups is 2. The van der Waals surface area contributed by atoms with Crippen molar-refractivity contribution >= 4 is 57.4 Å². The molecule has 0 aliphatic carbocycles. The minimum Gasteiger partial charge on any atom is -0.494 e. The molecule has 1 aromatic carbocycles. The van der Waals surface area contributed by atoms with E-state index < -0.39 is 5.91 Å². The van der Waals surface area contributed by atoms with Crippen LogP contribution in [0.2, 0.25) is 10.0 Å². The molecule has 0 spiro atoms. The van der Waals surface area contributed by atoms with Crippen LogP contribution in [0, 0.1) is 5.92 Å². The van der Waals surface area contributed by atoms with E-state index in [1.807, 2.05) is 4.90 Å². The number of hydrogen-bond donors (Lipinski definition) is 1. The van der Waals surface area contributed by atoms with Crippen LogP contribution in [0.1, 0.15) is 30.3 Å². The highest BCUT2D eigenvalue weighted by molar-refractivity contribution is 7.14. The first-order chi connectivity index (χ1) is 16.9. The van der Waals surface area contributed by atoms with E-state index in [9.17, 15) is 9.59 Å². The third kappa shape index (κ3) is 5.83. The van der Waals surface area contributed by atoms with Crippen LogP contribution in [-0.4, -0.2) is 53.6 Å². The smallest absolute Gasteiger partial charge is 0.309 e. The average molecular weight is 536 g/mol. The summed E-state index contributed by atoms with van der Waals surface area (Å²) in [5, 5.41) is 5.67. The Labute approximate surface area is 216 Å². The molecule has 4 rings (SSSR count). The molecular formula is C23H23Cl2N5O4S. The van der Waals surface area contributed by atoms with Crippen LogP contribution >= 0.6 is 34.5 Å². The Bertz CT molecular complexity index is 1190. The maximum Gasteiger partial charge on any atom is 0.309 e. The normalized spacial score (nSPS) is 14.0. The Balaban J connectivity index is 1.37. The fourth-order valence-corrected chi connectivity index (χ4v) is 5.09. The fraction of sp³-hybridized carbons (Fsp3) is 0.348. The van der Waals surface area contributed by atoms with Crippen LogP contribution in [-0.2, 0) is 9.53 Å². The molecule has 0 saturated carbocycles. The van der Waals surface area contributed by atoms with E-state index >= 15 is 0 Å². The van der Waals surface area contributed by atoms with Gasteiger partial charge in [0, 0.05) is 24.0 Å². The van der Waals surface area contributed by atoms with Gasteiger partial charge in [-0.3, -0.25) is 14.9 Å². The Morgan fingerprint density at radius 2 is 1.89 bits per heavy atom. The number of amides is 1. The highest BCUT2D eigenvalue weighted by Gasteiger charge is 2.27. The molecular weight excluding hydrogens is 513 g/mol. The van der Waals surface area contributed by atoms with Crippen molar-refractivity contribution in [1.82, 2.24) is 15.0 Å².